The topological polar surface area (TPSA) is 70.0 Å². The molecule has 1 aromatic rings. The quantitative estimate of drug-likeness (QED) is 0.866. The molecule has 1 N–H and O–H groups in total. The van der Waals surface area contributed by atoms with E-state index in [1.807, 2.05) is 6.07 Å². The van der Waals surface area contributed by atoms with E-state index in [-0.39, 0.29) is 5.75 Å². The number of nitriles is 1. The van der Waals surface area contributed by atoms with Crippen molar-refractivity contribution < 1.29 is 8.42 Å². The van der Waals surface area contributed by atoms with Gasteiger partial charge in [0, 0.05) is 11.8 Å². The highest BCUT2D eigenvalue weighted by Gasteiger charge is 2.23. The number of sulfonamides is 1. The molecule has 0 bridgehead atoms. The molecule has 0 unspecified atom stereocenters. The van der Waals surface area contributed by atoms with Gasteiger partial charge in [-0.1, -0.05) is 12.8 Å². The molecule has 5 heteroatoms. The molecule has 1 fully saturated rings. The van der Waals surface area contributed by atoms with Crippen molar-refractivity contribution >= 4 is 15.7 Å². The maximum atomic E-state index is 11.7. The molecule has 4 nitrogen and oxygen atoms in total. The van der Waals surface area contributed by atoms with Crippen LogP contribution in [0.15, 0.2) is 18.2 Å². The summed E-state index contributed by atoms with van der Waals surface area (Å²) in [7, 11) is -3.26. The van der Waals surface area contributed by atoms with Gasteiger partial charge in [-0.2, -0.15) is 5.26 Å². The predicted octanol–water partition coefficient (Wildman–Crippen LogP) is 1.90. The van der Waals surface area contributed by atoms with E-state index in [1.54, 1.807) is 12.1 Å². The first-order valence-corrected chi connectivity index (χ1v) is 7.16. The molecule has 1 aliphatic carbocycles. The number of nitrogens with zero attached hydrogens (tertiary/aromatic N) is 1. The lowest BCUT2D eigenvalue weighted by molar-refractivity contribution is 0.595. The van der Waals surface area contributed by atoms with E-state index in [4.69, 9.17) is 5.26 Å². The Labute approximate surface area is 101 Å². The molecule has 1 saturated carbocycles. The molecular weight excluding hydrogens is 236 g/mol. The lowest BCUT2D eigenvalue weighted by Gasteiger charge is -2.07. The minimum Gasteiger partial charge on any atom is -0.284 e. The van der Waals surface area contributed by atoms with E-state index in [1.165, 1.54) is 6.07 Å². The van der Waals surface area contributed by atoms with Crippen LogP contribution in [0.25, 0.3) is 0 Å². The van der Waals surface area contributed by atoms with Gasteiger partial charge < -0.3 is 0 Å². The van der Waals surface area contributed by atoms with E-state index in [0.29, 0.717) is 17.2 Å². The van der Waals surface area contributed by atoms with Crippen molar-refractivity contribution in [2.75, 3.05) is 10.5 Å². The van der Waals surface area contributed by atoms with Gasteiger partial charge in [0.05, 0.1) is 17.4 Å². The third kappa shape index (κ3) is 3.75. The number of benzene rings is 1. The molecule has 2 rings (SSSR count). The lowest BCUT2D eigenvalue weighted by atomic mass is 10.2. The molecule has 0 amide bonds. The van der Waals surface area contributed by atoms with Crippen LogP contribution >= 0.6 is 0 Å². The van der Waals surface area contributed by atoms with Gasteiger partial charge in [-0.25, -0.2) is 8.42 Å². The van der Waals surface area contributed by atoms with Crippen LogP contribution in [0, 0.1) is 23.3 Å². The first-order valence-electron chi connectivity index (χ1n) is 5.51. The monoisotopic (exact) mass is 249 g/mol. The second-order valence-electron chi connectivity index (χ2n) is 4.26. The van der Waals surface area contributed by atoms with E-state index >= 15 is 0 Å². The van der Waals surface area contributed by atoms with Gasteiger partial charge in [0.15, 0.2) is 0 Å². The van der Waals surface area contributed by atoms with Crippen LogP contribution in [-0.4, -0.2) is 14.2 Å². The first kappa shape index (κ1) is 11.9. The number of nitrogens with one attached hydrogen (secondary N) is 1. The van der Waals surface area contributed by atoms with Crippen molar-refractivity contribution in [2.45, 2.75) is 19.3 Å². The molecule has 1 radical (unpaired) electrons. The zero-order valence-corrected chi connectivity index (χ0v) is 10.1. The fourth-order valence-corrected chi connectivity index (χ4v) is 2.75. The van der Waals surface area contributed by atoms with E-state index in [9.17, 15) is 8.42 Å². The molecule has 0 aromatic heterocycles. The van der Waals surface area contributed by atoms with Crippen molar-refractivity contribution in [1.29, 1.82) is 5.26 Å². The minimum absolute atomic E-state index is 0.164. The summed E-state index contributed by atoms with van der Waals surface area (Å²) < 4.78 is 25.9. The summed E-state index contributed by atoms with van der Waals surface area (Å²) >= 11 is 0. The number of rotatable bonds is 5. The Hall–Kier alpha value is -1.54. The van der Waals surface area contributed by atoms with E-state index < -0.39 is 10.0 Å². The second kappa shape index (κ2) is 4.76. The van der Waals surface area contributed by atoms with Crippen LogP contribution < -0.4 is 4.72 Å². The van der Waals surface area contributed by atoms with E-state index in [2.05, 4.69) is 10.8 Å². The van der Waals surface area contributed by atoms with Gasteiger partial charge in [-0.3, -0.25) is 4.72 Å². The zero-order valence-electron chi connectivity index (χ0n) is 9.31. The molecule has 0 heterocycles. The van der Waals surface area contributed by atoms with Crippen LogP contribution in [0.1, 0.15) is 24.8 Å². The molecule has 17 heavy (non-hydrogen) atoms. The lowest BCUT2D eigenvalue weighted by Crippen LogP contribution is -2.17. The number of anilines is 1. The van der Waals surface area contributed by atoms with E-state index in [0.717, 1.165) is 19.3 Å². The molecule has 89 valence electrons. The molecule has 0 saturated heterocycles. The molecule has 1 aliphatic rings. The van der Waals surface area contributed by atoms with Gasteiger partial charge in [0.25, 0.3) is 0 Å². The minimum atomic E-state index is -3.26. The standard InChI is InChI=1S/C12H13N2O2S/c13-9-11-3-5-12(6-4-11)14-17(15,16)8-7-10-1-2-10/h3,5-6,10,14H,1-2,7-8H2. The molecule has 0 atom stereocenters. The third-order valence-corrected chi connectivity index (χ3v) is 4.02. The van der Waals surface area contributed by atoms with Gasteiger partial charge in [0.2, 0.25) is 10.0 Å². The van der Waals surface area contributed by atoms with Crippen LogP contribution in [-0.2, 0) is 10.0 Å². The Morgan fingerprint density at radius 1 is 1.47 bits per heavy atom. The van der Waals surface area contributed by atoms with Crippen LogP contribution in [0.2, 0.25) is 0 Å². The summed E-state index contributed by atoms with van der Waals surface area (Å²) in [4.78, 5) is 0. The van der Waals surface area contributed by atoms with Crippen molar-refractivity contribution in [3.8, 4) is 6.07 Å². The van der Waals surface area contributed by atoms with Crippen molar-refractivity contribution in [1.82, 2.24) is 0 Å². The van der Waals surface area contributed by atoms with Gasteiger partial charge in [-0.15, -0.1) is 0 Å². The summed E-state index contributed by atoms with van der Waals surface area (Å²) in [5.41, 5.74) is 0.853. The third-order valence-electron chi connectivity index (χ3n) is 2.70. The highest BCUT2D eigenvalue weighted by atomic mass is 32.2. The number of hydrogen-bond acceptors (Lipinski definition) is 3. The molecule has 0 aliphatic heterocycles. The summed E-state index contributed by atoms with van der Waals surface area (Å²) in [6.45, 7) is 0. The molecular formula is C12H13N2O2S. The Balaban J connectivity index is 1.95. The average molecular weight is 249 g/mol. The maximum absolute atomic E-state index is 11.7. The highest BCUT2D eigenvalue weighted by molar-refractivity contribution is 7.92. The second-order valence-corrected chi connectivity index (χ2v) is 6.10. The van der Waals surface area contributed by atoms with Gasteiger partial charge in [0.1, 0.15) is 0 Å². The Bertz CT molecular complexity index is 525. The summed E-state index contributed by atoms with van der Waals surface area (Å²) in [5, 5.41) is 8.59. The fourth-order valence-electron chi connectivity index (χ4n) is 1.52. The largest absolute Gasteiger partial charge is 0.284 e. The fraction of sp³-hybridized carbons (Fsp3) is 0.417. The summed E-state index contributed by atoms with van der Waals surface area (Å²) in [5.74, 6) is 0.761. The van der Waals surface area contributed by atoms with Crippen LogP contribution in [0.5, 0.6) is 0 Å². The van der Waals surface area contributed by atoms with Crippen molar-refractivity contribution in [3.05, 3.63) is 29.8 Å². The summed E-state index contributed by atoms with van der Waals surface area (Å²) in [6, 6.07) is 9.22. The molecule has 0 spiro atoms. The molecule has 1 aromatic carbocycles. The van der Waals surface area contributed by atoms with Crippen molar-refractivity contribution in [2.24, 2.45) is 5.92 Å². The summed E-state index contributed by atoms with van der Waals surface area (Å²) in [6.07, 6.45) is 3.04. The average Bonchev–Trinajstić information content (AvgIpc) is 3.11. The number of hydrogen-bond donors (Lipinski definition) is 1. The maximum Gasteiger partial charge on any atom is 0.232 e. The SMILES string of the molecule is N#Cc1[c]cc(NS(=O)(=O)CCC2CC2)cc1. The Morgan fingerprint density at radius 2 is 2.24 bits per heavy atom. The smallest absolute Gasteiger partial charge is 0.232 e. The highest BCUT2D eigenvalue weighted by Crippen LogP contribution is 2.32. The predicted molar refractivity (Wildman–Crippen MR) is 64.7 cm³/mol. The van der Waals surface area contributed by atoms with Crippen molar-refractivity contribution in [3.63, 3.8) is 0 Å². The van der Waals surface area contributed by atoms with Crippen LogP contribution in [0.3, 0.4) is 0 Å². The Kier molecular flexibility index (Phi) is 3.34. The van der Waals surface area contributed by atoms with Gasteiger partial charge in [-0.05, 0) is 30.5 Å². The first-order chi connectivity index (χ1) is 8.09. The normalized spacial score (nSPS) is 15.2. The Morgan fingerprint density at radius 3 is 2.76 bits per heavy atom. The van der Waals surface area contributed by atoms with Gasteiger partial charge >= 0.3 is 0 Å². The zero-order chi connectivity index (χ0) is 12.3. The van der Waals surface area contributed by atoms with Crippen LogP contribution in [0.4, 0.5) is 5.69 Å².